The second kappa shape index (κ2) is 6.02. The topological polar surface area (TPSA) is 58.5 Å². The third kappa shape index (κ3) is 3.73. The van der Waals surface area contributed by atoms with E-state index in [1.54, 1.807) is 0 Å². The van der Waals surface area contributed by atoms with Crippen molar-refractivity contribution >= 4 is 0 Å². The molecule has 0 unspecified atom stereocenters. The lowest BCUT2D eigenvalue weighted by Crippen LogP contribution is -2.37. The van der Waals surface area contributed by atoms with Gasteiger partial charge in [0.25, 0.3) is 0 Å². The minimum Gasteiger partial charge on any atom is -0.342 e. The van der Waals surface area contributed by atoms with E-state index in [1.807, 2.05) is 10.9 Å². The van der Waals surface area contributed by atoms with Crippen LogP contribution >= 0.6 is 0 Å². The second-order valence-electron chi connectivity index (χ2n) is 6.53. The van der Waals surface area contributed by atoms with Crippen molar-refractivity contribution in [3.05, 3.63) is 23.4 Å². The van der Waals surface area contributed by atoms with Gasteiger partial charge < -0.3 is 10.3 Å². The molecule has 0 amide bonds. The Morgan fingerprint density at radius 3 is 2.57 bits per heavy atom. The average Bonchev–Trinajstić information content (AvgIpc) is 2.92. The van der Waals surface area contributed by atoms with Crippen LogP contribution in [-0.4, -0.2) is 31.8 Å². The molecule has 0 bridgehead atoms. The number of hydrogen-bond donors (Lipinski definition) is 2. The minimum atomic E-state index is 0.144. The molecule has 0 aromatic carbocycles. The van der Waals surface area contributed by atoms with E-state index in [2.05, 4.69) is 61.9 Å². The summed E-state index contributed by atoms with van der Waals surface area (Å²) < 4.78 is 2.03. The van der Waals surface area contributed by atoms with Crippen LogP contribution in [0.2, 0.25) is 0 Å². The van der Waals surface area contributed by atoms with Crippen molar-refractivity contribution in [1.82, 2.24) is 25.1 Å². The summed E-state index contributed by atoms with van der Waals surface area (Å²) in [5, 5.41) is 8.04. The Bertz CT molecular complexity index is 601. The van der Waals surface area contributed by atoms with Crippen LogP contribution in [-0.2, 0) is 13.0 Å². The molecule has 0 aliphatic carbocycles. The van der Waals surface area contributed by atoms with Gasteiger partial charge in [0.15, 0.2) is 0 Å². The van der Waals surface area contributed by atoms with Crippen LogP contribution in [0.4, 0.5) is 0 Å². The van der Waals surface area contributed by atoms with Crippen LogP contribution in [0.25, 0.3) is 11.3 Å². The van der Waals surface area contributed by atoms with E-state index >= 15 is 0 Å². The molecule has 0 aliphatic heterocycles. The summed E-state index contributed by atoms with van der Waals surface area (Å²) in [5.41, 5.74) is 4.63. The number of aromatic nitrogens is 4. The molecule has 2 aromatic heterocycles. The fourth-order valence-electron chi connectivity index (χ4n) is 2.57. The summed E-state index contributed by atoms with van der Waals surface area (Å²) in [6.45, 7) is 14.6. The van der Waals surface area contributed by atoms with Gasteiger partial charge in [-0.3, -0.25) is 4.68 Å². The summed E-state index contributed by atoms with van der Waals surface area (Å²) in [7, 11) is 0. The van der Waals surface area contributed by atoms with Crippen molar-refractivity contribution in [1.29, 1.82) is 0 Å². The van der Waals surface area contributed by atoms with Crippen LogP contribution in [0.1, 0.15) is 44.9 Å². The van der Waals surface area contributed by atoms with Crippen LogP contribution in [0.15, 0.2) is 6.20 Å². The van der Waals surface area contributed by atoms with Crippen molar-refractivity contribution in [2.24, 2.45) is 0 Å². The molecule has 0 atom stereocenters. The maximum absolute atomic E-state index is 4.57. The number of aryl methyl sites for hydroxylation is 2. The molecule has 2 aromatic rings. The number of imidazole rings is 1. The number of H-pyrrole nitrogens is 1. The summed E-state index contributed by atoms with van der Waals surface area (Å²) in [4.78, 5) is 7.93. The fraction of sp³-hybridized carbons (Fsp3) is 0.625. The number of rotatable bonds is 5. The average molecular weight is 289 g/mol. The zero-order valence-corrected chi connectivity index (χ0v) is 14.0. The van der Waals surface area contributed by atoms with Gasteiger partial charge in [-0.15, -0.1) is 0 Å². The standard InChI is InChI=1S/C16H27N5/c1-7-21-12(3)15(11(2)20-21)13-10-17-14(19-13)8-9-18-16(4,5)6/h10,18H,7-9H2,1-6H3,(H,17,19). The molecule has 116 valence electrons. The van der Waals surface area contributed by atoms with E-state index in [0.29, 0.717) is 0 Å². The highest BCUT2D eigenvalue weighted by atomic mass is 15.3. The third-order valence-electron chi connectivity index (χ3n) is 3.60. The first-order valence-electron chi connectivity index (χ1n) is 7.65. The Morgan fingerprint density at radius 1 is 1.29 bits per heavy atom. The summed E-state index contributed by atoms with van der Waals surface area (Å²) in [5.74, 6) is 1.02. The lowest BCUT2D eigenvalue weighted by atomic mass is 10.1. The summed E-state index contributed by atoms with van der Waals surface area (Å²) in [6, 6.07) is 0. The first-order valence-corrected chi connectivity index (χ1v) is 7.65. The zero-order valence-electron chi connectivity index (χ0n) is 14.0. The van der Waals surface area contributed by atoms with Gasteiger partial charge in [0.1, 0.15) is 5.82 Å². The van der Waals surface area contributed by atoms with E-state index in [4.69, 9.17) is 0 Å². The lowest BCUT2D eigenvalue weighted by molar-refractivity contribution is 0.427. The van der Waals surface area contributed by atoms with Gasteiger partial charge in [-0.2, -0.15) is 5.10 Å². The van der Waals surface area contributed by atoms with Gasteiger partial charge in [0.2, 0.25) is 0 Å². The Balaban J connectivity index is 2.11. The molecule has 2 N–H and O–H groups in total. The van der Waals surface area contributed by atoms with Crippen LogP contribution in [0, 0.1) is 13.8 Å². The lowest BCUT2D eigenvalue weighted by Gasteiger charge is -2.19. The van der Waals surface area contributed by atoms with E-state index in [-0.39, 0.29) is 5.54 Å². The quantitative estimate of drug-likeness (QED) is 0.890. The van der Waals surface area contributed by atoms with E-state index < -0.39 is 0 Å². The molecule has 0 aliphatic rings. The molecule has 0 fully saturated rings. The molecule has 2 rings (SSSR count). The smallest absolute Gasteiger partial charge is 0.107 e. The van der Waals surface area contributed by atoms with E-state index in [9.17, 15) is 0 Å². The highest BCUT2D eigenvalue weighted by molar-refractivity contribution is 5.64. The molecular formula is C16H27N5. The SMILES string of the molecule is CCn1nc(C)c(-c2cnc(CCNC(C)(C)C)[nH]2)c1C. The van der Waals surface area contributed by atoms with Crippen molar-refractivity contribution in [2.75, 3.05) is 6.54 Å². The van der Waals surface area contributed by atoms with Crippen molar-refractivity contribution in [2.45, 2.75) is 60.0 Å². The van der Waals surface area contributed by atoms with Gasteiger partial charge in [0, 0.05) is 36.3 Å². The third-order valence-corrected chi connectivity index (χ3v) is 3.60. The Labute approximate surface area is 127 Å². The van der Waals surface area contributed by atoms with Crippen LogP contribution in [0.3, 0.4) is 0 Å². The van der Waals surface area contributed by atoms with Crippen LogP contribution < -0.4 is 5.32 Å². The Kier molecular flexibility index (Phi) is 4.52. The predicted molar refractivity (Wildman–Crippen MR) is 86.4 cm³/mol. The normalized spacial score (nSPS) is 12.1. The van der Waals surface area contributed by atoms with Gasteiger partial charge in [0.05, 0.1) is 17.6 Å². The largest absolute Gasteiger partial charge is 0.342 e. The van der Waals surface area contributed by atoms with Crippen LogP contribution in [0.5, 0.6) is 0 Å². The molecule has 0 saturated carbocycles. The number of nitrogens with zero attached hydrogens (tertiary/aromatic N) is 3. The first-order chi connectivity index (χ1) is 9.81. The Morgan fingerprint density at radius 2 is 2.00 bits per heavy atom. The maximum atomic E-state index is 4.57. The Hall–Kier alpha value is -1.62. The highest BCUT2D eigenvalue weighted by Crippen LogP contribution is 2.25. The number of aromatic amines is 1. The van der Waals surface area contributed by atoms with E-state index in [1.165, 1.54) is 11.3 Å². The van der Waals surface area contributed by atoms with Gasteiger partial charge >= 0.3 is 0 Å². The van der Waals surface area contributed by atoms with Crippen molar-refractivity contribution < 1.29 is 0 Å². The maximum Gasteiger partial charge on any atom is 0.107 e. The van der Waals surface area contributed by atoms with Gasteiger partial charge in [-0.05, 0) is 41.5 Å². The molecule has 5 nitrogen and oxygen atoms in total. The molecule has 0 saturated heterocycles. The fourth-order valence-corrected chi connectivity index (χ4v) is 2.57. The second-order valence-corrected chi connectivity index (χ2v) is 6.53. The first kappa shape index (κ1) is 15.8. The number of hydrogen-bond acceptors (Lipinski definition) is 3. The van der Waals surface area contributed by atoms with Crippen molar-refractivity contribution in [3.63, 3.8) is 0 Å². The molecule has 21 heavy (non-hydrogen) atoms. The molecule has 0 radical (unpaired) electrons. The summed E-state index contributed by atoms with van der Waals surface area (Å²) in [6.07, 6.45) is 2.82. The predicted octanol–water partition coefficient (Wildman–Crippen LogP) is 2.84. The minimum absolute atomic E-state index is 0.144. The van der Waals surface area contributed by atoms with E-state index in [0.717, 1.165) is 36.7 Å². The zero-order chi connectivity index (χ0) is 15.6. The van der Waals surface area contributed by atoms with Crippen molar-refractivity contribution in [3.8, 4) is 11.3 Å². The monoisotopic (exact) mass is 289 g/mol. The number of nitrogens with one attached hydrogen (secondary N) is 2. The molecule has 2 heterocycles. The summed E-state index contributed by atoms with van der Waals surface area (Å²) >= 11 is 0. The molecule has 5 heteroatoms. The van der Waals surface area contributed by atoms with Gasteiger partial charge in [-0.25, -0.2) is 4.98 Å². The highest BCUT2D eigenvalue weighted by Gasteiger charge is 2.15. The molecular weight excluding hydrogens is 262 g/mol. The van der Waals surface area contributed by atoms with Gasteiger partial charge in [-0.1, -0.05) is 0 Å². The molecule has 0 spiro atoms.